The van der Waals surface area contributed by atoms with E-state index in [4.69, 9.17) is 4.74 Å². The van der Waals surface area contributed by atoms with Crippen molar-refractivity contribution < 1.29 is 27.5 Å². The smallest absolute Gasteiger partial charge is 0.381 e. The number of carbonyl (C=O) groups is 2. The maximum Gasteiger partial charge on any atom is 0.416 e. The summed E-state index contributed by atoms with van der Waals surface area (Å²) < 4.78 is 44.3. The Kier molecular flexibility index (Phi) is 9.49. The van der Waals surface area contributed by atoms with Crippen LogP contribution in [0.25, 0.3) is 10.4 Å². The first kappa shape index (κ1) is 30.8. The fourth-order valence-corrected chi connectivity index (χ4v) is 7.31. The van der Waals surface area contributed by atoms with Gasteiger partial charge in [0.05, 0.1) is 23.1 Å². The molecule has 0 saturated carbocycles. The minimum absolute atomic E-state index is 0.0512. The zero-order chi connectivity index (χ0) is 30.0. The molecule has 0 N–H and O–H groups in total. The lowest BCUT2D eigenvalue weighted by atomic mass is 10.0. The summed E-state index contributed by atoms with van der Waals surface area (Å²) in [6.07, 6.45) is -1.60. The lowest BCUT2D eigenvalue weighted by molar-refractivity contribution is -0.137. The first-order chi connectivity index (χ1) is 20.0. The van der Waals surface area contributed by atoms with Gasteiger partial charge in [0.1, 0.15) is 0 Å². The maximum atomic E-state index is 13.5. The molecule has 1 aromatic heterocycles. The van der Waals surface area contributed by atoms with Crippen molar-refractivity contribution in [3.8, 4) is 10.4 Å². The summed E-state index contributed by atoms with van der Waals surface area (Å²) in [6.45, 7) is 10.8. The van der Waals surface area contributed by atoms with Crippen LogP contribution in [0.5, 0.6) is 0 Å². The Morgan fingerprint density at radius 1 is 1.00 bits per heavy atom. The van der Waals surface area contributed by atoms with Gasteiger partial charge in [0.15, 0.2) is 0 Å². The number of ether oxygens (including phenoxy) is 1. The van der Waals surface area contributed by atoms with Gasteiger partial charge in [-0.1, -0.05) is 26.0 Å². The molecule has 0 radical (unpaired) electrons. The minimum atomic E-state index is -4.39. The minimum Gasteiger partial charge on any atom is -0.381 e. The molecule has 42 heavy (non-hydrogen) atoms. The molecule has 3 fully saturated rings. The van der Waals surface area contributed by atoms with Gasteiger partial charge >= 0.3 is 12.2 Å². The van der Waals surface area contributed by atoms with Crippen LogP contribution in [0.15, 0.2) is 36.4 Å². The van der Waals surface area contributed by atoms with Crippen molar-refractivity contribution in [2.24, 2.45) is 11.8 Å². The molecule has 4 heterocycles. The van der Waals surface area contributed by atoms with Gasteiger partial charge in [0, 0.05) is 63.8 Å². The molecular formula is C31H41F3N4O3S. The summed E-state index contributed by atoms with van der Waals surface area (Å²) in [5, 5.41) is 0. The number of carbonyl (C=O) groups excluding carboxylic acids is 2. The third kappa shape index (κ3) is 7.11. The summed E-state index contributed by atoms with van der Waals surface area (Å²) >= 11 is 1.27. The Labute approximate surface area is 250 Å². The van der Waals surface area contributed by atoms with E-state index in [0.29, 0.717) is 47.8 Å². The number of alkyl halides is 3. The average molecular weight is 607 g/mol. The largest absolute Gasteiger partial charge is 0.416 e. The van der Waals surface area contributed by atoms with Crippen LogP contribution in [0.1, 0.15) is 48.3 Å². The highest BCUT2D eigenvalue weighted by Crippen LogP contribution is 2.34. The molecule has 0 spiro atoms. The molecule has 0 bridgehead atoms. The molecule has 3 aliphatic rings. The summed E-state index contributed by atoms with van der Waals surface area (Å²) in [5.74, 6) is 0.980. The molecular weight excluding hydrogens is 565 g/mol. The summed E-state index contributed by atoms with van der Waals surface area (Å²) in [7, 11) is 1.76. The zero-order valence-electron chi connectivity index (χ0n) is 24.6. The Bertz CT molecular complexity index is 1230. The van der Waals surface area contributed by atoms with Crippen LogP contribution in [-0.4, -0.2) is 103 Å². The topological polar surface area (TPSA) is 56.3 Å². The highest BCUT2D eigenvalue weighted by molar-refractivity contribution is 7.17. The lowest BCUT2D eigenvalue weighted by Crippen LogP contribution is -2.46. The van der Waals surface area contributed by atoms with Crippen molar-refractivity contribution in [2.45, 2.75) is 51.4 Å². The standard InChI is InChI=1S/C31H41F3N4O3S/c1-21(2)16-38(17-22-12-15-41-20-22)26-11-14-37(19-26)30(40)36-13-10-25(18-36)35(3)29(39)28-9-8-27(42-28)23-4-6-24(7-5-23)31(32,33)34/h4-9,21-22,25-26H,10-20H2,1-3H3/t22?,25-,26+/m0/s1. The summed E-state index contributed by atoms with van der Waals surface area (Å²) in [4.78, 5) is 36.2. The number of amides is 3. The van der Waals surface area contributed by atoms with E-state index >= 15 is 0 Å². The van der Waals surface area contributed by atoms with E-state index in [9.17, 15) is 22.8 Å². The monoisotopic (exact) mass is 606 g/mol. The quantitative estimate of drug-likeness (QED) is 0.383. The van der Waals surface area contributed by atoms with Crippen molar-refractivity contribution in [1.29, 1.82) is 0 Å². The normalized spacial score (nSPS) is 23.0. The fourth-order valence-electron chi connectivity index (χ4n) is 6.32. The van der Waals surface area contributed by atoms with Crippen LogP contribution < -0.4 is 0 Å². The highest BCUT2D eigenvalue weighted by atomic mass is 32.1. The number of halogens is 3. The van der Waals surface area contributed by atoms with Crippen molar-refractivity contribution in [3.05, 3.63) is 46.8 Å². The first-order valence-corrected chi connectivity index (χ1v) is 15.7. The number of urea groups is 1. The SMILES string of the molecule is CC(C)CN(CC1CCOC1)[C@@H]1CCN(C(=O)N2CC[C@H](N(C)C(=O)c3ccc(-c4ccc(C(F)(F)F)cc4)s3)C2)C1. The molecule has 0 aliphatic carbocycles. The van der Waals surface area contributed by atoms with Gasteiger partial charge in [-0.05, 0) is 60.9 Å². The molecule has 3 amide bonds. The molecule has 3 saturated heterocycles. The van der Waals surface area contributed by atoms with Gasteiger partial charge in [-0.2, -0.15) is 13.2 Å². The summed E-state index contributed by atoms with van der Waals surface area (Å²) in [5.41, 5.74) is -0.0597. The predicted molar refractivity (Wildman–Crippen MR) is 158 cm³/mol. The molecule has 3 atom stereocenters. The van der Waals surface area contributed by atoms with Crippen molar-refractivity contribution in [1.82, 2.24) is 19.6 Å². The number of hydrogen-bond donors (Lipinski definition) is 0. The number of thiophene rings is 1. The van der Waals surface area contributed by atoms with Crippen LogP contribution in [-0.2, 0) is 10.9 Å². The van der Waals surface area contributed by atoms with E-state index in [0.717, 1.165) is 69.2 Å². The third-order valence-corrected chi connectivity index (χ3v) is 9.80. The van der Waals surface area contributed by atoms with Crippen molar-refractivity contribution in [2.75, 3.05) is 59.5 Å². The summed E-state index contributed by atoms with van der Waals surface area (Å²) in [6, 6.07) is 8.79. The van der Waals surface area contributed by atoms with E-state index < -0.39 is 11.7 Å². The second-order valence-electron chi connectivity index (χ2n) is 12.3. The Morgan fingerprint density at radius 3 is 2.29 bits per heavy atom. The molecule has 3 aliphatic heterocycles. The van der Waals surface area contributed by atoms with Crippen LogP contribution >= 0.6 is 11.3 Å². The van der Waals surface area contributed by atoms with Gasteiger partial charge in [-0.15, -0.1) is 11.3 Å². The molecule has 11 heteroatoms. The maximum absolute atomic E-state index is 13.5. The molecule has 230 valence electrons. The molecule has 5 rings (SSSR count). The highest BCUT2D eigenvalue weighted by Gasteiger charge is 2.38. The molecule has 1 aromatic carbocycles. The van der Waals surface area contributed by atoms with E-state index in [2.05, 4.69) is 18.7 Å². The number of likely N-dealkylation sites (N-methyl/N-ethyl adjacent to an activating group) is 1. The van der Waals surface area contributed by atoms with Crippen molar-refractivity contribution in [3.63, 3.8) is 0 Å². The average Bonchev–Trinajstić information content (AvgIpc) is 3.78. The second-order valence-corrected chi connectivity index (χ2v) is 13.4. The van der Waals surface area contributed by atoms with Crippen LogP contribution in [0, 0.1) is 11.8 Å². The second kappa shape index (κ2) is 12.9. The number of benzene rings is 1. The third-order valence-electron chi connectivity index (χ3n) is 8.68. The first-order valence-electron chi connectivity index (χ1n) is 14.9. The van der Waals surface area contributed by atoms with E-state index in [1.165, 1.54) is 23.5 Å². The molecule has 7 nitrogen and oxygen atoms in total. The van der Waals surface area contributed by atoms with Crippen LogP contribution in [0.4, 0.5) is 18.0 Å². The number of likely N-dealkylation sites (tertiary alicyclic amines) is 2. The van der Waals surface area contributed by atoms with Gasteiger partial charge in [-0.3, -0.25) is 9.69 Å². The van der Waals surface area contributed by atoms with E-state index in [1.54, 1.807) is 24.1 Å². The van der Waals surface area contributed by atoms with E-state index in [-0.39, 0.29) is 18.0 Å². The molecule has 1 unspecified atom stereocenters. The molecule has 2 aromatic rings. The van der Waals surface area contributed by atoms with Gasteiger partial charge in [-0.25, -0.2) is 4.79 Å². The Balaban J connectivity index is 1.15. The Hall–Kier alpha value is -2.63. The number of hydrogen-bond acceptors (Lipinski definition) is 5. The fraction of sp³-hybridized carbons (Fsp3) is 0.613. The predicted octanol–water partition coefficient (Wildman–Crippen LogP) is 5.77. The zero-order valence-corrected chi connectivity index (χ0v) is 25.4. The lowest BCUT2D eigenvalue weighted by Gasteiger charge is -2.33. The Morgan fingerprint density at radius 2 is 1.67 bits per heavy atom. The van der Waals surface area contributed by atoms with Crippen LogP contribution in [0.2, 0.25) is 0 Å². The van der Waals surface area contributed by atoms with Gasteiger partial charge < -0.3 is 19.4 Å². The van der Waals surface area contributed by atoms with Gasteiger partial charge in [0.2, 0.25) is 0 Å². The van der Waals surface area contributed by atoms with Crippen molar-refractivity contribution >= 4 is 23.3 Å². The van der Waals surface area contributed by atoms with Gasteiger partial charge in [0.25, 0.3) is 5.91 Å². The van der Waals surface area contributed by atoms with Crippen LogP contribution in [0.3, 0.4) is 0 Å². The number of rotatable bonds is 8. The van der Waals surface area contributed by atoms with E-state index in [1.807, 2.05) is 9.80 Å². The number of nitrogens with zero attached hydrogens (tertiary/aromatic N) is 4.